The molecule has 0 unspecified atom stereocenters. The first-order valence-corrected chi connectivity index (χ1v) is 8.62. The molecule has 0 atom stereocenters. The van der Waals surface area contributed by atoms with E-state index in [1.165, 1.54) is 45.6 Å². The van der Waals surface area contributed by atoms with Crippen molar-refractivity contribution >= 4 is 16.9 Å². The van der Waals surface area contributed by atoms with Crippen LogP contribution in [0.4, 0.5) is 0 Å². The Morgan fingerprint density at radius 3 is 2.28 bits per heavy atom. The zero-order valence-corrected chi connectivity index (χ0v) is 16.4. The Balaban J connectivity index is 1.92. The topological polar surface area (TPSA) is 104 Å². The van der Waals surface area contributed by atoms with Gasteiger partial charge in [0.15, 0.2) is 11.5 Å². The molecule has 0 aliphatic carbocycles. The molecule has 29 heavy (non-hydrogen) atoms. The van der Waals surface area contributed by atoms with Crippen LogP contribution in [0.2, 0.25) is 0 Å². The zero-order valence-electron chi connectivity index (χ0n) is 16.4. The van der Waals surface area contributed by atoms with Crippen molar-refractivity contribution in [2.45, 2.75) is 13.5 Å². The highest BCUT2D eigenvalue weighted by Crippen LogP contribution is 2.38. The first-order chi connectivity index (χ1) is 13.9. The number of hydrogen-bond donors (Lipinski definition) is 1. The van der Waals surface area contributed by atoms with E-state index in [2.05, 4.69) is 0 Å². The molecule has 0 amide bonds. The first kappa shape index (κ1) is 20.1. The van der Waals surface area contributed by atoms with Crippen molar-refractivity contribution in [3.8, 4) is 23.0 Å². The van der Waals surface area contributed by atoms with Crippen molar-refractivity contribution in [3.05, 3.63) is 57.4 Å². The summed E-state index contributed by atoms with van der Waals surface area (Å²) >= 11 is 0. The summed E-state index contributed by atoms with van der Waals surface area (Å²) in [5, 5.41) is 10.4. The molecule has 0 bridgehead atoms. The van der Waals surface area contributed by atoms with Gasteiger partial charge in [0.25, 0.3) is 0 Å². The van der Waals surface area contributed by atoms with Gasteiger partial charge in [0.1, 0.15) is 17.9 Å². The predicted molar refractivity (Wildman–Crippen MR) is 104 cm³/mol. The molecule has 1 N–H and O–H groups in total. The lowest BCUT2D eigenvalue weighted by Crippen LogP contribution is -2.09. The summed E-state index contributed by atoms with van der Waals surface area (Å²) in [6.07, 6.45) is 0. The van der Waals surface area contributed by atoms with Gasteiger partial charge in [-0.2, -0.15) is 0 Å². The van der Waals surface area contributed by atoms with Gasteiger partial charge in [0, 0.05) is 22.6 Å². The molecule has 0 aliphatic rings. The number of phenolic OH excluding ortho intramolecular Hbond substituents is 1. The van der Waals surface area contributed by atoms with Gasteiger partial charge in [0.2, 0.25) is 5.75 Å². The summed E-state index contributed by atoms with van der Waals surface area (Å²) in [4.78, 5) is 24.5. The van der Waals surface area contributed by atoms with Gasteiger partial charge in [-0.15, -0.1) is 0 Å². The molecule has 1 aromatic heterocycles. The number of hydrogen-bond acceptors (Lipinski definition) is 8. The van der Waals surface area contributed by atoms with E-state index in [0.717, 1.165) is 0 Å². The molecule has 0 saturated carbocycles. The molecule has 0 radical (unpaired) electrons. The Morgan fingerprint density at radius 2 is 1.69 bits per heavy atom. The summed E-state index contributed by atoms with van der Waals surface area (Å²) in [6, 6.07) is 7.29. The largest absolute Gasteiger partial charge is 0.508 e. The minimum Gasteiger partial charge on any atom is -0.508 e. The summed E-state index contributed by atoms with van der Waals surface area (Å²) < 4.78 is 26.3. The normalized spacial score (nSPS) is 10.6. The standard InChI is InChI=1S/C21H20O8/c1-11-15(22)6-5-14-13(9-18(23)29-19(11)14)10-28-21(24)12-7-16(25-2)20(27-4)17(8-12)26-3/h5-9,22H,10H2,1-4H3. The number of methoxy groups -OCH3 is 3. The van der Waals surface area contributed by atoms with Crippen LogP contribution < -0.4 is 19.8 Å². The van der Waals surface area contributed by atoms with Crippen LogP contribution in [-0.4, -0.2) is 32.4 Å². The van der Waals surface area contributed by atoms with Crippen LogP contribution in [0.25, 0.3) is 11.0 Å². The molecule has 2 aromatic carbocycles. The van der Waals surface area contributed by atoms with Crippen LogP contribution >= 0.6 is 0 Å². The lowest BCUT2D eigenvalue weighted by molar-refractivity contribution is 0.0473. The van der Waals surface area contributed by atoms with Crippen molar-refractivity contribution in [3.63, 3.8) is 0 Å². The van der Waals surface area contributed by atoms with E-state index < -0.39 is 11.6 Å². The fraction of sp³-hybridized carbons (Fsp3) is 0.238. The third-order valence-corrected chi connectivity index (χ3v) is 4.48. The zero-order chi connectivity index (χ0) is 21.1. The van der Waals surface area contributed by atoms with Gasteiger partial charge in [0.05, 0.1) is 26.9 Å². The summed E-state index contributed by atoms with van der Waals surface area (Å²) in [5.41, 5.74) is 0.722. The van der Waals surface area contributed by atoms with E-state index in [1.54, 1.807) is 13.0 Å². The fourth-order valence-electron chi connectivity index (χ4n) is 2.96. The molecular formula is C21H20O8. The van der Waals surface area contributed by atoms with Crippen LogP contribution in [0.3, 0.4) is 0 Å². The summed E-state index contributed by atoms with van der Waals surface area (Å²) in [5.74, 6) is 0.355. The van der Waals surface area contributed by atoms with Crippen molar-refractivity contribution in [1.29, 1.82) is 0 Å². The Hall–Kier alpha value is -3.68. The maximum absolute atomic E-state index is 12.6. The minimum absolute atomic E-state index is 0.00668. The number of carbonyl (C=O) groups excluding carboxylic acids is 1. The minimum atomic E-state index is -0.638. The Morgan fingerprint density at radius 1 is 1.03 bits per heavy atom. The molecule has 1 heterocycles. The number of phenols is 1. The Bertz CT molecular complexity index is 1100. The van der Waals surface area contributed by atoms with Crippen LogP contribution in [0, 0.1) is 6.92 Å². The smallest absolute Gasteiger partial charge is 0.338 e. The number of aromatic hydroxyl groups is 1. The highest BCUT2D eigenvalue weighted by atomic mass is 16.5. The molecule has 152 valence electrons. The number of fused-ring (bicyclic) bond motifs is 1. The lowest BCUT2D eigenvalue weighted by Gasteiger charge is -2.14. The third-order valence-electron chi connectivity index (χ3n) is 4.48. The first-order valence-electron chi connectivity index (χ1n) is 8.62. The van der Waals surface area contributed by atoms with Gasteiger partial charge in [-0.25, -0.2) is 9.59 Å². The van der Waals surface area contributed by atoms with Crippen LogP contribution in [0.15, 0.2) is 39.5 Å². The Labute approximate surface area is 166 Å². The maximum Gasteiger partial charge on any atom is 0.338 e. The molecule has 0 fully saturated rings. The monoisotopic (exact) mass is 400 g/mol. The van der Waals surface area contributed by atoms with Crippen LogP contribution in [0.5, 0.6) is 23.0 Å². The van der Waals surface area contributed by atoms with Gasteiger partial charge in [-0.05, 0) is 31.2 Å². The molecule has 8 heteroatoms. The van der Waals surface area contributed by atoms with E-state index in [4.69, 9.17) is 23.4 Å². The second kappa shape index (κ2) is 8.14. The van der Waals surface area contributed by atoms with E-state index >= 15 is 0 Å². The third kappa shape index (κ3) is 3.82. The quantitative estimate of drug-likeness (QED) is 0.497. The number of benzene rings is 2. The predicted octanol–water partition coefficient (Wildman–Crippen LogP) is 3.19. The molecule has 3 aromatic rings. The average Bonchev–Trinajstić information content (AvgIpc) is 2.73. The molecular weight excluding hydrogens is 380 g/mol. The van der Waals surface area contributed by atoms with E-state index in [0.29, 0.717) is 33.8 Å². The number of rotatable bonds is 6. The molecule has 0 spiro atoms. The van der Waals surface area contributed by atoms with Crippen molar-refractivity contribution in [1.82, 2.24) is 0 Å². The summed E-state index contributed by atoms with van der Waals surface area (Å²) in [7, 11) is 4.35. The van der Waals surface area contributed by atoms with Crippen molar-refractivity contribution < 1.29 is 33.3 Å². The second-order valence-electron chi connectivity index (χ2n) is 6.17. The van der Waals surface area contributed by atoms with Gasteiger partial charge in [-0.3, -0.25) is 0 Å². The van der Waals surface area contributed by atoms with Gasteiger partial charge < -0.3 is 28.5 Å². The molecule has 3 rings (SSSR count). The van der Waals surface area contributed by atoms with Crippen LogP contribution in [-0.2, 0) is 11.3 Å². The summed E-state index contributed by atoms with van der Waals surface area (Å²) in [6.45, 7) is 1.47. The number of carbonyl (C=O) groups is 1. The fourth-order valence-corrected chi connectivity index (χ4v) is 2.96. The van der Waals surface area contributed by atoms with Gasteiger partial charge in [-0.1, -0.05) is 0 Å². The number of aryl methyl sites for hydroxylation is 1. The lowest BCUT2D eigenvalue weighted by atomic mass is 10.1. The SMILES string of the molecule is COc1cc(C(=O)OCc2cc(=O)oc3c(C)c(O)ccc23)cc(OC)c1OC. The molecule has 0 aliphatic heterocycles. The van der Waals surface area contributed by atoms with Crippen molar-refractivity contribution in [2.75, 3.05) is 21.3 Å². The molecule has 0 saturated heterocycles. The highest BCUT2D eigenvalue weighted by Gasteiger charge is 2.19. The van der Waals surface area contributed by atoms with E-state index in [9.17, 15) is 14.7 Å². The van der Waals surface area contributed by atoms with Gasteiger partial charge >= 0.3 is 11.6 Å². The number of esters is 1. The second-order valence-corrected chi connectivity index (χ2v) is 6.17. The number of ether oxygens (including phenoxy) is 4. The highest BCUT2D eigenvalue weighted by molar-refractivity contribution is 5.91. The molecule has 8 nitrogen and oxygen atoms in total. The van der Waals surface area contributed by atoms with Crippen LogP contribution in [0.1, 0.15) is 21.5 Å². The van der Waals surface area contributed by atoms with Crippen molar-refractivity contribution in [2.24, 2.45) is 0 Å². The average molecular weight is 400 g/mol. The maximum atomic E-state index is 12.6. The van der Waals surface area contributed by atoms with E-state index in [1.807, 2.05) is 0 Å². The Kier molecular flexibility index (Phi) is 5.63. The van der Waals surface area contributed by atoms with E-state index in [-0.39, 0.29) is 23.5 Å².